The second-order valence-electron chi connectivity index (χ2n) is 6.20. The number of aliphatic carboxylic acids is 1. The third-order valence-electron chi connectivity index (χ3n) is 4.84. The van der Waals surface area contributed by atoms with Crippen LogP contribution in [0.25, 0.3) is 0 Å². The lowest BCUT2D eigenvalue weighted by molar-refractivity contribution is -0.142. The summed E-state index contributed by atoms with van der Waals surface area (Å²) in [6.07, 6.45) is 9.14. The van der Waals surface area contributed by atoms with Crippen molar-refractivity contribution in [3.05, 3.63) is 0 Å². The minimum Gasteiger partial charge on any atom is -0.481 e. The van der Waals surface area contributed by atoms with Crippen LogP contribution < -0.4 is 10.6 Å². The number of carbonyl (C=O) groups is 2. The Kier molecular flexibility index (Phi) is 6.21. The largest absolute Gasteiger partial charge is 0.481 e. The molecule has 2 unspecified atom stereocenters. The first kappa shape index (κ1) is 16.5. The highest BCUT2D eigenvalue weighted by Crippen LogP contribution is 2.31. The summed E-state index contributed by atoms with van der Waals surface area (Å²) in [5.41, 5.74) is 0. The van der Waals surface area contributed by atoms with E-state index in [0.29, 0.717) is 6.54 Å². The van der Waals surface area contributed by atoms with Crippen molar-refractivity contribution in [1.29, 1.82) is 0 Å². The lowest BCUT2D eigenvalue weighted by atomic mass is 9.95. The highest BCUT2D eigenvalue weighted by atomic mass is 32.2. The number of amides is 2. The summed E-state index contributed by atoms with van der Waals surface area (Å²) in [4.78, 5) is 23.0. The maximum Gasteiger partial charge on any atom is 0.315 e. The smallest absolute Gasteiger partial charge is 0.315 e. The van der Waals surface area contributed by atoms with Gasteiger partial charge in [-0.2, -0.15) is 11.8 Å². The van der Waals surface area contributed by atoms with Crippen LogP contribution in [-0.2, 0) is 4.79 Å². The molecule has 0 aromatic heterocycles. The Labute approximate surface area is 130 Å². The molecule has 0 aromatic carbocycles. The Morgan fingerprint density at radius 3 is 2.48 bits per heavy atom. The van der Waals surface area contributed by atoms with E-state index in [2.05, 4.69) is 16.9 Å². The van der Waals surface area contributed by atoms with Crippen molar-refractivity contribution in [2.24, 2.45) is 11.8 Å². The quantitative estimate of drug-likeness (QED) is 0.728. The maximum atomic E-state index is 11.9. The highest BCUT2D eigenvalue weighted by Gasteiger charge is 2.33. The lowest BCUT2D eigenvalue weighted by Crippen LogP contribution is -2.45. The van der Waals surface area contributed by atoms with Crippen LogP contribution in [-0.4, -0.2) is 41.2 Å². The summed E-state index contributed by atoms with van der Waals surface area (Å²) in [6, 6.07) is 0.130. The first-order chi connectivity index (χ1) is 10.1. The normalized spacial score (nSPS) is 32.6. The Morgan fingerprint density at radius 2 is 1.86 bits per heavy atom. The Morgan fingerprint density at radius 1 is 1.14 bits per heavy atom. The van der Waals surface area contributed by atoms with Crippen LogP contribution in [0.5, 0.6) is 0 Å². The molecular weight excluding hydrogens is 288 g/mol. The zero-order valence-corrected chi connectivity index (χ0v) is 13.5. The van der Waals surface area contributed by atoms with Crippen LogP contribution in [0.3, 0.4) is 0 Å². The van der Waals surface area contributed by atoms with Gasteiger partial charge in [0.05, 0.1) is 5.92 Å². The van der Waals surface area contributed by atoms with E-state index in [9.17, 15) is 9.59 Å². The van der Waals surface area contributed by atoms with Crippen LogP contribution in [0.15, 0.2) is 0 Å². The molecule has 0 spiro atoms. The molecular formula is C15H26N2O3S. The first-order valence-electron chi connectivity index (χ1n) is 7.90. The Hall–Kier alpha value is -0.910. The third-order valence-corrected chi connectivity index (χ3v) is 5.98. The molecule has 5 nitrogen and oxygen atoms in total. The van der Waals surface area contributed by atoms with Crippen LogP contribution in [0.2, 0.25) is 0 Å². The molecule has 2 fully saturated rings. The fourth-order valence-corrected chi connectivity index (χ4v) is 4.25. The lowest BCUT2D eigenvalue weighted by Gasteiger charge is -2.28. The van der Waals surface area contributed by atoms with Gasteiger partial charge in [-0.1, -0.05) is 6.42 Å². The summed E-state index contributed by atoms with van der Waals surface area (Å²) in [5.74, 6) is -0.933. The molecule has 2 aliphatic carbocycles. The van der Waals surface area contributed by atoms with Gasteiger partial charge in [-0.05, 0) is 50.7 Å². The molecule has 2 rings (SSSR count). The molecule has 0 aromatic rings. The molecule has 3 N–H and O–H groups in total. The summed E-state index contributed by atoms with van der Waals surface area (Å²) >= 11 is 1.91. The second kappa shape index (κ2) is 7.92. The third kappa shape index (κ3) is 4.80. The first-order valence-corrected chi connectivity index (χ1v) is 9.19. The van der Waals surface area contributed by atoms with E-state index in [1.165, 1.54) is 0 Å². The van der Waals surface area contributed by atoms with E-state index in [1.54, 1.807) is 0 Å². The molecule has 0 bridgehead atoms. The fraction of sp³-hybridized carbons (Fsp3) is 0.867. The summed E-state index contributed by atoms with van der Waals surface area (Å²) < 4.78 is 0. The summed E-state index contributed by atoms with van der Waals surface area (Å²) in [6.45, 7) is 0.475. The zero-order chi connectivity index (χ0) is 15.2. The molecule has 2 atom stereocenters. The van der Waals surface area contributed by atoms with E-state index in [4.69, 9.17) is 5.11 Å². The number of rotatable bonds is 5. The number of carboxylic acid groups (broad SMARTS) is 1. The highest BCUT2D eigenvalue weighted by molar-refractivity contribution is 7.99. The molecule has 0 heterocycles. The van der Waals surface area contributed by atoms with Gasteiger partial charge in [0.25, 0.3) is 0 Å². The molecule has 21 heavy (non-hydrogen) atoms. The van der Waals surface area contributed by atoms with Crippen LogP contribution in [0, 0.1) is 11.8 Å². The summed E-state index contributed by atoms with van der Waals surface area (Å²) in [5, 5.41) is 15.8. The van der Waals surface area contributed by atoms with Gasteiger partial charge in [-0.3, -0.25) is 4.79 Å². The molecule has 0 radical (unpaired) electrons. The van der Waals surface area contributed by atoms with E-state index < -0.39 is 5.97 Å². The standard InChI is InChI=1S/C15H26N2O3S/c1-21-12-7-5-11(6-8-12)17-15(20)16-9-10-3-2-4-13(10)14(18)19/h10-13H,2-9H2,1H3,(H,18,19)(H2,16,17,20). The number of hydrogen-bond acceptors (Lipinski definition) is 3. The van der Waals surface area contributed by atoms with Gasteiger partial charge in [0, 0.05) is 17.8 Å². The van der Waals surface area contributed by atoms with Crippen molar-refractivity contribution in [3.8, 4) is 0 Å². The molecule has 2 saturated carbocycles. The maximum absolute atomic E-state index is 11.9. The number of carboxylic acids is 1. The predicted octanol–water partition coefficient (Wildman–Crippen LogP) is 2.46. The number of carbonyl (C=O) groups excluding carboxylic acids is 1. The van der Waals surface area contributed by atoms with E-state index in [-0.39, 0.29) is 23.9 Å². The molecule has 0 aliphatic heterocycles. The van der Waals surface area contributed by atoms with Gasteiger partial charge in [-0.15, -0.1) is 0 Å². The number of nitrogens with one attached hydrogen (secondary N) is 2. The number of thioether (sulfide) groups is 1. The molecule has 120 valence electrons. The monoisotopic (exact) mass is 314 g/mol. The van der Waals surface area contributed by atoms with Crippen molar-refractivity contribution in [2.45, 2.75) is 56.2 Å². The van der Waals surface area contributed by atoms with Gasteiger partial charge >= 0.3 is 12.0 Å². The van der Waals surface area contributed by atoms with Gasteiger partial charge < -0.3 is 15.7 Å². The fourth-order valence-electron chi connectivity index (χ4n) is 3.51. The van der Waals surface area contributed by atoms with Gasteiger partial charge in [0.15, 0.2) is 0 Å². The van der Waals surface area contributed by atoms with Crippen molar-refractivity contribution in [2.75, 3.05) is 12.8 Å². The minimum absolute atomic E-state index is 0.0838. The number of urea groups is 1. The predicted molar refractivity (Wildman–Crippen MR) is 84.6 cm³/mol. The molecule has 0 saturated heterocycles. The van der Waals surface area contributed by atoms with E-state index >= 15 is 0 Å². The van der Waals surface area contributed by atoms with Gasteiger partial charge in [0.1, 0.15) is 0 Å². The van der Waals surface area contributed by atoms with Crippen molar-refractivity contribution < 1.29 is 14.7 Å². The summed E-state index contributed by atoms with van der Waals surface area (Å²) in [7, 11) is 0. The zero-order valence-electron chi connectivity index (χ0n) is 12.6. The molecule has 2 aliphatic rings. The van der Waals surface area contributed by atoms with Crippen molar-refractivity contribution in [3.63, 3.8) is 0 Å². The van der Waals surface area contributed by atoms with Crippen LogP contribution in [0.4, 0.5) is 4.79 Å². The van der Waals surface area contributed by atoms with Gasteiger partial charge in [-0.25, -0.2) is 4.79 Å². The molecule has 6 heteroatoms. The molecule has 2 amide bonds. The van der Waals surface area contributed by atoms with Crippen molar-refractivity contribution >= 4 is 23.8 Å². The topological polar surface area (TPSA) is 78.4 Å². The van der Waals surface area contributed by atoms with Gasteiger partial charge in [0.2, 0.25) is 0 Å². The average Bonchev–Trinajstić information content (AvgIpc) is 2.94. The number of hydrogen-bond donors (Lipinski definition) is 3. The van der Waals surface area contributed by atoms with E-state index in [0.717, 1.165) is 50.2 Å². The average molecular weight is 314 g/mol. The minimum atomic E-state index is -0.727. The SMILES string of the molecule is CSC1CCC(NC(=O)NCC2CCCC2C(=O)O)CC1. The second-order valence-corrected chi connectivity index (χ2v) is 7.34. The van der Waals surface area contributed by atoms with Crippen LogP contribution in [0.1, 0.15) is 44.9 Å². The van der Waals surface area contributed by atoms with Crippen LogP contribution >= 0.6 is 11.8 Å². The van der Waals surface area contributed by atoms with Crippen molar-refractivity contribution in [1.82, 2.24) is 10.6 Å². The Balaban J connectivity index is 1.67. The Bertz CT molecular complexity index is 370. The van der Waals surface area contributed by atoms with E-state index in [1.807, 2.05) is 11.8 Å².